The van der Waals surface area contributed by atoms with E-state index in [0.29, 0.717) is 5.17 Å². The third kappa shape index (κ3) is 7.76. The van der Waals surface area contributed by atoms with Crippen molar-refractivity contribution in [2.75, 3.05) is 19.3 Å². The Morgan fingerprint density at radius 2 is 1.77 bits per heavy atom. The molecule has 1 saturated heterocycles. The SMILES string of the molecule is CCCC(CCC)C(NC(=O)C1CCCCC1)C(=O)C(=O)NN=C1SCCN1C.Cl. The lowest BCUT2D eigenvalue weighted by molar-refractivity contribution is -0.141. The molecule has 0 aromatic carbocycles. The number of carbonyl (C=O) groups is 3. The van der Waals surface area contributed by atoms with Gasteiger partial charge in [-0.05, 0) is 31.6 Å². The van der Waals surface area contributed by atoms with Gasteiger partial charge < -0.3 is 10.2 Å². The number of hydrogen-bond acceptors (Lipinski definition) is 5. The van der Waals surface area contributed by atoms with Gasteiger partial charge in [-0.15, -0.1) is 17.5 Å². The predicted octanol–water partition coefficient (Wildman–Crippen LogP) is 3.32. The van der Waals surface area contributed by atoms with Crippen LogP contribution in [0.3, 0.4) is 0 Å². The van der Waals surface area contributed by atoms with E-state index in [1.54, 1.807) is 11.8 Å². The van der Waals surface area contributed by atoms with Crippen LogP contribution in [-0.2, 0) is 14.4 Å². The zero-order valence-corrected chi connectivity index (χ0v) is 20.1. The van der Waals surface area contributed by atoms with Gasteiger partial charge in [-0.1, -0.05) is 57.7 Å². The number of hydrogen-bond donors (Lipinski definition) is 2. The van der Waals surface area contributed by atoms with Gasteiger partial charge in [-0.2, -0.15) is 0 Å². The van der Waals surface area contributed by atoms with Gasteiger partial charge in [0.2, 0.25) is 11.7 Å². The summed E-state index contributed by atoms with van der Waals surface area (Å²) in [6.45, 7) is 4.99. The molecular formula is C21H37ClN4O3S. The monoisotopic (exact) mass is 460 g/mol. The van der Waals surface area contributed by atoms with Crippen LogP contribution in [0.2, 0.25) is 0 Å². The van der Waals surface area contributed by atoms with Gasteiger partial charge in [-0.3, -0.25) is 14.4 Å². The first-order valence-electron chi connectivity index (χ1n) is 11.0. The van der Waals surface area contributed by atoms with Crippen LogP contribution in [0.1, 0.15) is 71.6 Å². The van der Waals surface area contributed by atoms with Crippen LogP contribution >= 0.6 is 24.2 Å². The van der Waals surface area contributed by atoms with Gasteiger partial charge in [0, 0.05) is 25.3 Å². The summed E-state index contributed by atoms with van der Waals surface area (Å²) in [6.07, 6.45) is 8.39. The molecule has 2 N–H and O–H groups in total. The number of thioether (sulfide) groups is 1. The molecule has 7 nitrogen and oxygen atoms in total. The zero-order valence-electron chi connectivity index (χ0n) is 18.4. The number of hydrazone groups is 1. The molecule has 1 aliphatic carbocycles. The number of halogens is 1. The van der Waals surface area contributed by atoms with E-state index in [1.165, 1.54) is 0 Å². The molecular weight excluding hydrogens is 424 g/mol. The molecule has 1 unspecified atom stereocenters. The van der Waals surface area contributed by atoms with Crippen molar-refractivity contribution in [1.82, 2.24) is 15.6 Å². The molecule has 2 rings (SSSR count). The lowest BCUT2D eigenvalue weighted by Crippen LogP contribution is -2.52. The Bertz CT molecular complexity index is 605. The molecule has 172 valence electrons. The smallest absolute Gasteiger partial charge is 0.309 e. The Hall–Kier alpha value is -1.28. The minimum absolute atomic E-state index is 0. The summed E-state index contributed by atoms with van der Waals surface area (Å²) in [7, 11) is 1.90. The average Bonchev–Trinajstić information content (AvgIpc) is 3.14. The van der Waals surface area contributed by atoms with Crippen LogP contribution in [0.15, 0.2) is 5.10 Å². The molecule has 1 atom stereocenters. The number of amidine groups is 1. The highest BCUT2D eigenvalue weighted by atomic mass is 35.5. The number of carbonyl (C=O) groups excluding carboxylic acids is 3. The topological polar surface area (TPSA) is 90.9 Å². The van der Waals surface area contributed by atoms with E-state index in [-0.39, 0.29) is 30.2 Å². The first kappa shape index (κ1) is 26.8. The van der Waals surface area contributed by atoms with Gasteiger partial charge >= 0.3 is 5.91 Å². The van der Waals surface area contributed by atoms with E-state index in [9.17, 15) is 14.4 Å². The Balaban J connectivity index is 0.00000450. The lowest BCUT2D eigenvalue weighted by Gasteiger charge is -2.29. The summed E-state index contributed by atoms with van der Waals surface area (Å²) >= 11 is 1.54. The molecule has 0 radical (unpaired) electrons. The Morgan fingerprint density at radius 1 is 1.13 bits per heavy atom. The summed E-state index contributed by atoms with van der Waals surface area (Å²) < 4.78 is 0. The third-order valence-electron chi connectivity index (χ3n) is 5.81. The predicted molar refractivity (Wildman–Crippen MR) is 125 cm³/mol. The molecule has 30 heavy (non-hydrogen) atoms. The van der Waals surface area contributed by atoms with E-state index in [2.05, 4.69) is 29.7 Å². The summed E-state index contributed by atoms with van der Waals surface area (Å²) in [5, 5.41) is 7.76. The first-order valence-corrected chi connectivity index (χ1v) is 12.0. The second kappa shape index (κ2) is 13.9. The van der Waals surface area contributed by atoms with Crippen molar-refractivity contribution >= 4 is 46.9 Å². The number of rotatable bonds is 10. The summed E-state index contributed by atoms with van der Waals surface area (Å²) in [4.78, 5) is 40.4. The Morgan fingerprint density at radius 3 is 2.30 bits per heavy atom. The number of nitrogens with zero attached hydrogens (tertiary/aromatic N) is 2. The standard InChI is InChI=1S/C21H36N4O3S.ClH/c1-4-9-15(10-5-2)17(22-19(27)16-11-7-6-8-12-16)18(26)20(28)23-24-21-25(3)13-14-29-21;/h15-17H,4-14H2,1-3H3,(H,22,27)(H,23,28);1H. The number of amides is 2. The van der Waals surface area contributed by atoms with Crippen LogP contribution in [0.5, 0.6) is 0 Å². The first-order chi connectivity index (χ1) is 14.0. The molecule has 2 amide bonds. The van der Waals surface area contributed by atoms with Crippen molar-refractivity contribution in [3.05, 3.63) is 0 Å². The zero-order chi connectivity index (χ0) is 21.2. The quantitative estimate of drug-likeness (QED) is 0.385. The lowest BCUT2D eigenvalue weighted by atomic mass is 9.85. The molecule has 1 heterocycles. The summed E-state index contributed by atoms with van der Waals surface area (Å²) in [6, 6.07) is -0.779. The molecule has 1 saturated carbocycles. The average molecular weight is 461 g/mol. The highest BCUT2D eigenvalue weighted by Crippen LogP contribution is 2.25. The molecule has 0 aromatic rings. The van der Waals surface area contributed by atoms with E-state index >= 15 is 0 Å². The van der Waals surface area contributed by atoms with E-state index in [1.807, 2.05) is 11.9 Å². The van der Waals surface area contributed by atoms with Gasteiger partial charge in [0.1, 0.15) is 6.04 Å². The second-order valence-electron chi connectivity index (χ2n) is 8.13. The molecule has 0 spiro atoms. The maximum absolute atomic E-state index is 13.0. The van der Waals surface area contributed by atoms with Crippen molar-refractivity contribution in [3.8, 4) is 0 Å². The van der Waals surface area contributed by atoms with Crippen molar-refractivity contribution in [1.29, 1.82) is 0 Å². The second-order valence-corrected chi connectivity index (χ2v) is 9.19. The highest BCUT2D eigenvalue weighted by Gasteiger charge is 2.35. The molecule has 1 aliphatic heterocycles. The highest BCUT2D eigenvalue weighted by molar-refractivity contribution is 8.14. The van der Waals surface area contributed by atoms with Gasteiger partial charge in [0.05, 0.1) is 0 Å². The largest absolute Gasteiger partial charge is 0.352 e. The Labute approximate surface area is 191 Å². The third-order valence-corrected chi connectivity index (χ3v) is 6.86. The van der Waals surface area contributed by atoms with E-state index in [4.69, 9.17) is 0 Å². The van der Waals surface area contributed by atoms with Crippen molar-refractivity contribution in [2.24, 2.45) is 16.9 Å². The summed E-state index contributed by atoms with van der Waals surface area (Å²) in [5.41, 5.74) is 2.41. The van der Waals surface area contributed by atoms with E-state index in [0.717, 1.165) is 70.1 Å². The maximum Gasteiger partial charge on any atom is 0.309 e. The van der Waals surface area contributed by atoms with Gasteiger partial charge in [0.25, 0.3) is 0 Å². The molecule has 0 bridgehead atoms. The Kier molecular flexibility index (Phi) is 12.4. The van der Waals surface area contributed by atoms with Crippen LogP contribution in [-0.4, -0.2) is 53.1 Å². The fraction of sp³-hybridized carbons (Fsp3) is 0.810. The summed E-state index contributed by atoms with van der Waals surface area (Å²) in [5.74, 6) is -0.582. The van der Waals surface area contributed by atoms with Crippen LogP contribution in [0.25, 0.3) is 0 Å². The minimum Gasteiger partial charge on any atom is -0.352 e. The normalized spacial score (nSPS) is 19.5. The van der Waals surface area contributed by atoms with Crippen molar-refractivity contribution in [3.63, 3.8) is 0 Å². The molecule has 0 aromatic heterocycles. The van der Waals surface area contributed by atoms with Crippen molar-refractivity contribution < 1.29 is 14.4 Å². The minimum atomic E-state index is -0.779. The van der Waals surface area contributed by atoms with Crippen LogP contribution in [0.4, 0.5) is 0 Å². The molecule has 2 aliphatic rings. The number of nitrogens with one attached hydrogen (secondary N) is 2. The molecule has 9 heteroatoms. The van der Waals surface area contributed by atoms with Crippen LogP contribution < -0.4 is 10.7 Å². The number of Topliss-reactive ketones (excluding diaryl/α,β-unsaturated/α-hetero) is 1. The fourth-order valence-corrected chi connectivity index (χ4v) is 5.11. The van der Waals surface area contributed by atoms with E-state index < -0.39 is 17.7 Å². The molecule has 2 fully saturated rings. The maximum atomic E-state index is 13.0. The number of ketones is 1. The van der Waals surface area contributed by atoms with Gasteiger partial charge in [-0.25, -0.2) is 5.43 Å². The fourth-order valence-electron chi connectivity index (χ4n) is 4.14. The van der Waals surface area contributed by atoms with Crippen LogP contribution in [0, 0.1) is 11.8 Å². The van der Waals surface area contributed by atoms with Crippen molar-refractivity contribution in [2.45, 2.75) is 77.7 Å². The van der Waals surface area contributed by atoms with Gasteiger partial charge in [0.15, 0.2) is 5.17 Å².